The zero-order chi connectivity index (χ0) is 13.4. The summed E-state index contributed by atoms with van der Waals surface area (Å²) in [6.45, 7) is 14.5. The fourth-order valence-corrected chi connectivity index (χ4v) is 2.25. The van der Waals surface area contributed by atoms with Gasteiger partial charge in [-0.3, -0.25) is 4.90 Å². The molecule has 1 N–H and O–H groups in total. The van der Waals surface area contributed by atoms with Crippen molar-refractivity contribution in [2.24, 2.45) is 5.41 Å². The van der Waals surface area contributed by atoms with Gasteiger partial charge >= 0.3 is 0 Å². The lowest BCUT2D eigenvalue weighted by molar-refractivity contribution is 0.175. The Hall–Kier alpha value is -0.860. The number of hydrogen-bond donors (Lipinski definition) is 1. The molecular weight excluding hydrogens is 220 g/mol. The molecule has 0 aliphatic carbocycles. The van der Waals surface area contributed by atoms with Crippen molar-refractivity contribution < 1.29 is 0 Å². The molecule has 1 aromatic carbocycles. The van der Waals surface area contributed by atoms with Crippen molar-refractivity contribution in [3.63, 3.8) is 0 Å². The van der Waals surface area contributed by atoms with Crippen molar-refractivity contribution in [2.75, 3.05) is 26.2 Å². The third-order valence-corrected chi connectivity index (χ3v) is 3.20. The SMILES string of the molecule is CCNCC(C)(C)CN(CC)Cc1ccccc1. The predicted molar refractivity (Wildman–Crippen MR) is 79.7 cm³/mol. The van der Waals surface area contributed by atoms with Crippen LogP contribution in [-0.4, -0.2) is 31.1 Å². The van der Waals surface area contributed by atoms with E-state index < -0.39 is 0 Å². The van der Waals surface area contributed by atoms with E-state index in [-0.39, 0.29) is 0 Å². The standard InChI is InChI=1S/C16H28N2/c1-5-17-13-16(3,4)14-18(6-2)12-15-10-8-7-9-11-15/h7-11,17H,5-6,12-14H2,1-4H3. The van der Waals surface area contributed by atoms with Gasteiger partial charge in [-0.25, -0.2) is 0 Å². The van der Waals surface area contributed by atoms with Crippen LogP contribution < -0.4 is 5.32 Å². The maximum atomic E-state index is 3.46. The summed E-state index contributed by atoms with van der Waals surface area (Å²) in [7, 11) is 0. The van der Waals surface area contributed by atoms with Crippen LogP contribution >= 0.6 is 0 Å². The van der Waals surface area contributed by atoms with E-state index in [2.05, 4.69) is 68.2 Å². The minimum atomic E-state index is 0.320. The van der Waals surface area contributed by atoms with E-state index in [0.717, 1.165) is 32.7 Å². The van der Waals surface area contributed by atoms with Gasteiger partial charge in [0, 0.05) is 19.6 Å². The molecule has 0 unspecified atom stereocenters. The van der Waals surface area contributed by atoms with Crippen molar-refractivity contribution >= 4 is 0 Å². The van der Waals surface area contributed by atoms with E-state index in [1.54, 1.807) is 0 Å². The molecule has 0 heterocycles. The summed E-state index contributed by atoms with van der Waals surface area (Å²) < 4.78 is 0. The minimum Gasteiger partial charge on any atom is -0.316 e. The van der Waals surface area contributed by atoms with Gasteiger partial charge in [-0.1, -0.05) is 58.0 Å². The van der Waals surface area contributed by atoms with Crippen molar-refractivity contribution in [1.29, 1.82) is 0 Å². The molecular formula is C16H28N2. The van der Waals surface area contributed by atoms with Crippen LogP contribution in [0.15, 0.2) is 30.3 Å². The van der Waals surface area contributed by atoms with Crippen LogP contribution in [-0.2, 0) is 6.54 Å². The maximum absolute atomic E-state index is 3.46. The van der Waals surface area contributed by atoms with E-state index in [0.29, 0.717) is 5.41 Å². The Morgan fingerprint density at radius 2 is 1.78 bits per heavy atom. The first-order chi connectivity index (χ1) is 8.57. The molecule has 102 valence electrons. The molecule has 1 aromatic rings. The van der Waals surface area contributed by atoms with Crippen LogP contribution in [0.2, 0.25) is 0 Å². The van der Waals surface area contributed by atoms with Gasteiger partial charge in [-0.15, -0.1) is 0 Å². The Balaban J connectivity index is 2.51. The molecule has 0 aromatic heterocycles. The second-order valence-electron chi connectivity index (χ2n) is 5.73. The summed E-state index contributed by atoms with van der Waals surface area (Å²) in [6.07, 6.45) is 0. The number of nitrogens with zero attached hydrogens (tertiary/aromatic N) is 1. The molecule has 18 heavy (non-hydrogen) atoms. The molecule has 0 atom stereocenters. The first kappa shape index (κ1) is 15.2. The molecule has 0 fully saturated rings. The minimum absolute atomic E-state index is 0.320. The van der Waals surface area contributed by atoms with E-state index in [1.165, 1.54) is 5.56 Å². The van der Waals surface area contributed by atoms with Crippen molar-refractivity contribution in [1.82, 2.24) is 10.2 Å². The molecule has 1 rings (SSSR count). The molecule has 2 heteroatoms. The van der Waals surface area contributed by atoms with E-state index in [1.807, 2.05) is 0 Å². The Kier molecular flexibility index (Phi) is 6.37. The Morgan fingerprint density at radius 1 is 1.11 bits per heavy atom. The van der Waals surface area contributed by atoms with Gasteiger partial charge in [0.15, 0.2) is 0 Å². The average molecular weight is 248 g/mol. The summed E-state index contributed by atoms with van der Waals surface area (Å²) in [5.41, 5.74) is 1.72. The maximum Gasteiger partial charge on any atom is 0.0233 e. The molecule has 0 radical (unpaired) electrons. The molecule has 0 saturated carbocycles. The van der Waals surface area contributed by atoms with E-state index >= 15 is 0 Å². The third-order valence-electron chi connectivity index (χ3n) is 3.20. The Bertz CT molecular complexity index is 319. The first-order valence-electron chi connectivity index (χ1n) is 7.04. The first-order valence-corrected chi connectivity index (χ1v) is 7.04. The zero-order valence-corrected chi connectivity index (χ0v) is 12.4. The quantitative estimate of drug-likeness (QED) is 0.760. The second kappa shape index (κ2) is 7.55. The van der Waals surface area contributed by atoms with E-state index in [4.69, 9.17) is 0 Å². The van der Waals surface area contributed by atoms with Gasteiger partial charge in [-0.05, 0) is 24.1 Å². The lowest BCUT2D eigenvalue weighted by Crippen LogP contribution is -2.40. The third kappa shape index (κ3) is 5.65. The average Bonchev–Trinajstić information content (AvgIpc) is 2.36. The van der Waals surface area contributed by atoms with Crippen molar-refractivity contribution in [2.45, 2.75) is 34.2 Å². The van der Waals surface area contributed by atoms with Crippen LogP contribution in [0.5, 0.6) is 0 Å². The summed E-state index contributed by atoms with van der Waals surface area (Å²) >= 11 is 0. The number of hydrogen-bond acceptors (Lipinski definition) is 2. The second-order valence-corrected chi connectivity index (χ2v) is 5.73. The predicted octanol–water partition coefficient (Wildman–Crippen LogP) is 3.14. The lowest BCUT2D eigenvalue weighted by atomic mass is 9.92. The van der Waals surface area contributed by atoms with Gasteiger partial charge in [0.2, 0.25) is 0 Å². The van der Waals surface area contributed by atoms with Gasteiger partial charge < -0.3 is 5.32 Å². The van der Waals surface area contributed by atoms with Crippen LogP contribution in [0.4, 0.5) is 0 Å². The van der Waals surface area contributed by atoms with Gasteiger partial charge in [0.1, 0.15) is 0 Å². The topological polar surface area (TPSA) is 15.3 Å². The fraction of sp³-hybridized carbons (Fsp3) is 0.625. The normalized spacial score (nSPS) is 12.1. The highest BCUT2D eigenvalue weighted by molar-refractivity contribution is 5.14. The molecule has 0 aliphatic rings. The van der Waals surface area contributed by atoms with Gasteiger partial charge in [0.25, 0.3) is 0 Å². The molecule has 2 nitrogen and oxygen atoms in total. The summed E-state index contributed by atoms with van der Waals surface area (Å²) in [6, 6.07) is 10.7. The van der Waals surface area contributed by atoms with Crippen LogP contribution in [0.3, 0.4) is 0 Å². The number of rotatable bonds is 8. The number of nitrogens with one attached hydrogen (secondary N) is 1. The molecule has 0 saturated heterocycles. The molecule has 0 bridgehead atoms. The molecule has 0 spiro atoms. The highest BCUT2D eigenvalue weighted by Gasteiger charge is 2.20. The van der Waals surface area contributed by atoms with Crippen molar-refractivity contribution in [3.05, 3.63) is 35.9 Å². The Morgan fingerprint density at radius 3 is 2.33 bits per heavy atom. The van der Waals surface area contributed by atoms with Gasteiger partial charge in [-0.2, -0.15) is 0 Å². The van der Waals surface area contributed by atoms with Crippen LogP contribution in [0.25, 0.3) is 0 Å². The molecule has 0 amide bonds. The summed E-state index contributed by atoms with van der Waals surface area (Å²) in [5.74, 6) is 0. The molecule has 0 aliphatic heterocycles. The summed E-state index contributed by atoms with van der Waals surface area (Å²) in [5, 5.41) is 3.46. The van der Waals surface area contributed by atoms with Gasteiger partial charge in [0.05, 0.1) is 0 Å². The smallest absolute Gasteiger partial charge is 0.0233 e. The van der Waals surface area contributed by atoms with Crippen molar-refractivity contribution in [3.8, 4) is 0 Å². The van der Waals surface area contributed by atoms with Crippen LogP contribution in [0, 0.1) is 5.41 Å². The Labute approximate surface area is 112 Å². The summed E-state index contributed by atoms with van der Waals surface area (Å²) in [4.78, 5) is 2.52. The fourth-order valence-electron chi connectivity index (χ4n) is 2.25. The zero-order valence-electron chi connectivity index (χ0n) is 12.4. The lowest BCUT2D eigenvalue weighted by Gasteiger charge is -2.32. The highest BCUT2D eigenvalue weighted by Crippen LogP contribution is 2.17. The highest BCUT2D eigenvalue weighted by atomic mass is 15.1. The van der Waals surface area contributed by atoms with Crippen LogP contribution in [0.1, 0.15) is 33.3 Å². The van der Waals surface area contributed by atoms with E-state index in [9.17, 15) is 0 Å². The monoisotopic (exact) mass is 248 g/mol. The largest absolute Gasteiger partial charge is 0.316 e. The number of benzene rings is 1.